The largest absolute Gasteiger partial charge is 0.493 e. The molecule has 2 aliphatic rings. The van der Waals surface area contributed by atoms with E-state index in [0.717, 1.165) is 63.1 Å². The number of benzene rings is 1. The van der Waals surface area contributed by atoms with Crippen LogP contribution in [0.1, 0.15) is 55.7 Å². The minimum atomic E-state index is -4.44. The van der Waals surface area contributed by atoms with E-state index in [0.29, 0.717) is 41.4 Å². The van der Waals surface area contributed by atoms with Gasteiger partial charge in [-0.05, 0) is 43.4 Å². The highest BCUT2D eigenvalue weighted by Gasteiger charge is 2.31. The fraction of sp³-hybridized carbons (Fsp3) is 0.560. The van der Waals surface area contributed by atoms with E-state index < -0.39 is 11.7 Å². The standard InChI is InChI=1S/C25H32F3N7O/c1-16(2)20-14-31-35-22(20)32-24-33-23(35)30-13-18-10-19(25(26,27)28)6-7-21(18)36-9-5-3-4-8-34(24)15-17-11-29-12-17/h6-7,10,14,16-17,29H,3-5,8-9,11-13,15H2,1-2H3,(H,30,32,33). The van der Waals surface area contributed by atoms with Gasteiger partial charge in [-0.3, -0.25) is 0 Å². The number of nitrogens with one attached hydrogen (secondary N) is 2. The van der Waals surface area contributed by atoms with Crippen molar-refractivity contribution >= 4 is 17.5 Å². The molecule has 194 valence electrons. The van der Waals surface area contributed by atoms with Crippen LogP contribution >= 0.6 is 0 Å². The van der Waals surface area contributed by atoms with Crippen LogP contribution < -0.4 is 20.3 Å². The van der Waals surface area contributed by atoms with Gasteiger partial charge in [-0.1, -0.05) is 13.8 Å². The maximum absolute atomic E-state index is 13.4. The van der Waals surface area contributed by atoms with E-state index in [-0.39, 0.29) is 12.5 Å². The third-order valence-electron chi connectivity index (χ3n) is 6.79. The lowest BCUT2D eigenvalue weighted by Gasteiger charge is -2.33. The van der Waals surface area contributed by atoms with Crippen LogP contribution in [0, 0.1) is 5.92 Å². The Morgan fingerprint density at radius 3 is 2.69 bits per heavy atom. The Kier molecular flexibility index (Phi) is 6.92. The lowest BCUT2D eigenvalue weighted by atomic mass is 10.0. The van der Waals surface area contributed by atoms with Crippen LogP contribution in [-0.4, -0.2) is 52.4 Å². The van der Waals surface area contributed by atoms with Gasteiger partial charge in [0.15, 0.2) is 5.65 Å². The molecule has 0 spiro atoms. The first-order valence-corrected chi connectivity index (χ1v) is 12.6. The van der Waals surface area contributed by atoms with E-state index in [9.17, 15) is 13.2 Å². The highest BCUT2D eigenvalue weighted by Crippen LogP contribution is 2.33. The first kappa shape index (κ1) is 24.6. The molecule has 2 aromatic heterocycles. The Balaban J connectivity index is 1.56. The number of anilines is 2. The van der Waals surface area contributed by atoms with E-state index >= 15 is 0 Å². The molecule has 36 heavy (non-hydrogen) atoms. The van der Waals surface area contributed by atoms with Gasteiger partial charge in [0.05, 0.1) is 18.4 Å². The van der Waals surface area contributed by atoms with Crippen LogP contribution in [0.4, 0.5) is 25.1 Å². The monoisotopic (exact) mass is 503 g/mol. The molecule has 1 fully saturated rings. The molecule has 0 saturated carbocycles. The summed E-state index contributed by atoms with van der Waals surface area (Å²) in [5.41, 5.74) is 1.42. The van der Waals surface area contributed by atoms with Gasteiger partial charge in [0, 0.05) is 49.8 Å². The predicted octanol–water partition coefficient (Wildman–Crippen LogP) is 4.47. The quantitative estimate of drug-likeness (QED) is 0.546. The summed E-state index contributed by atoms with van der Waals surface area (Å²) in [4.78, 5) is 12.0. The van der Waals surface area contributed by atoms with Gasteiger partial charge in [-0.2, -0.15) is 32.8 Å². The zero-order valence-corrected chi connectivity index (χ0v) is 20.6. The highest BCUT2D eigenvalue weighted by atomic mass is 19.4. The van der Waals surface area contributed by atoms with Crippen molar-refractivity contribution in [2.75, 3.05) is 43.0 Å². The number of aromatic nitrogens is 4. The first-order chi connectivity index (χ1) is 17.3. The molecular weight excluding hydrogens is 471 g/mol. The molecule has 1 aromatic carbocycles. The van der Waals surface area contributed by atoms with Crippen LogP contribution in [0.25, 0.3) is 5.65 Å². The Labute approximate surface area is 208 Å². The summed E-state index contributed by atoms with van der Waals surface area (Å²) in [6, 6.07) is 3.62. The van der Waals surface area contributed by atoms with Crippen molar-refractivity contribution in [3.63, 3.8) is 0 Å². The normalized spacial score (nSPS) is 17.8. The SMILES string of the molecule is CC(C)c1cnn2c3nc(nc12)N(CC1CNC1)CCCCCOc1ccc(C(F)(F)F)cc1CN3. The Hall–Kier alpha value is -3.08. The van der Waals surface area contributed by atoms with E-state index in [2.05, 4.69) is 34.5 Å². The second-order valence-corrected chi connectivity index (χ2v) is 9.89. The summed E-state index contributed by atoms with van der Waals surface area (Å²) in [5, 5.41) is 11.1. The van der Waals surface area contributed by atoms with Gasteiger partial charge in [0.25, 0.3) is 0 Å². The van der Waals surface area contributed by atoms with Gasteiger partial charge in [0.1, 0.15) is 5.75 Å². The summed E-state index contributed by atoms with van der Waals surface area (Å²) in [5.74, 6) is 2.25. The number of hydrogen-bond donors (Lipinski definition) is 2. The Bertz CT molecular complexity index is 1210. The first-order valence-electron chi connectivity index (χ1n) is 12.6. The van der Waals surface area contributed by atoms with Crippen LogP contribution in [-0.2, 0) is 12.7 Å². The summed E-state index contributed by atoms with van der Waals surface area (Å²) in [7, 11) is 0. The second-order valence-electron chi connectivity index (χ2n) is 9.89. The maximum atomic E-state index is 13.4. The third-order valence-corrected chi connectivity index (χ3v) is 6.79. The molecular formula is C25H32F3N7O. The van der Waals surface area contributed by atoms with E-state index in [1.807, 2.05) is 0 Å². The molecule has 0 atom stereocenters. The number of rotatable bonds is 3. The fourth-order valence-electron chi connectivity index (χ4n) is 4.58. The Morgan fingerprint density at radius 1 is 1.14 bits per heavy atom. The molecule has 11 heteroatoms. The highest BCUT2D eigenvalue weighted by molar-refractivity contribution is 5.56. The average molecular weight is 504 g/mol. The third kappa shape index (κ3) is 5.21. The van der Waals surface area contributed by atoms with Crippen molar-refractivity contribution in [3.05, 3.63) is 41.1 Å². The van der Waals surface area contributed by atoms with Crippen LogP contribution in [0.2, 0.25) is 0 Å². The van der Waals surface area contributed by atoms with E-state index in [1.165, 1.54) is 6.07 Å². The average Bonchev–Trinajstić information content (AvgIpc) is 3.24. The van der Waals surface area contributed by atoms with Crippen molar-refractivity contribution in [3.8, 4) is 5.75 Å². The summed E-state index contributed by atoms with van der Waals surface area (Å²) in [6.07, 6.45) is 0.0485. The van der Waals surface area contributed by atoms with Crippen molar-refractivity contribution in [2.45, 2.75) is 51.7 Å². The maximum Gasteiger partial charge on any atom is 0.416 e. The zero-order valence-electron chi connectivity index (χ0n) is 20.6. The van der Waals surface area contributed by atoms with Gasteiger partial charge in [-0.25, -0.2) is 0 Å². The topological polar surface area (TPSA) is 79.6 Å². The molecule has 0 unspecified atom stereocenters. The van der Waals surface area contributed by atoms with Gasteiger partial charge < -0.3 is 20.3 Å². The fourth-order valence-corrected chi connectivity index (χ4v) is 4.58. The van der Waals surface area contributed by atoms with E-state index in [1.54, 1.807) is 10.7 Å². The molecule has 0 amide bonds. The van der Waals surface area contributed by atoms with Crippen LogP contribution in [0.3, 0.4) is 0 Å². The molecule has 1 saturated heterocycles. The number of nitrogens with zero attached hydrogens (tertiary/aromatic N) is 5. The number of alkyl halides is 3. The van der Waals surface area contributed by atoms with Gasteiger partial charge in [0.2, 0.25) is 11.9 Å². The molecule has 0 radical (unpaired) electrons. The molecule has 2 aliphatic heterocycles. The van der Waals surface area contributed by atoms with Gasteiger partial charge >= 0.3 is 6.18 Å². The molecule has 0 aliphatic carbocycles. The molecule has 8 nitrogen and oxygen atoms in total. The van der Waals surface area contributed by atoms with Crippen molar-refractivity contribution in [1.82, 2.24) is 24.9 Å². The smallest absolute Gasteiger partial charge is 0.416 e. The Morgan fingerprint density at radius 2 is 1.97 bits per heavy atom. The summed E-state index contributed by atoms with van der Waals surface area (Å²) < 4.78 is 47.9. The van der Waals surface area contributed by atoms with Crippen molar-refractivity contribution in [1.29, 1.82) is 0 Å². The number of ether oxygens (including phenoxy) is 1. The molecule has 2 N–H and O–H groups in total. The zero-order chi connectivity index (χ0) is 25.3. The second kappa shape index (κ2) is 10.1. The molecule has 4 heterocycles. The minimum Gasteiger partial charge on any atom is -0.493 e. The molecule has 5 rings (SSSR count). The molecule has 2 bridgehead atoms. The van der Waals surface area contributed by atoms with Gasteiger partial charge in [-0.15, -0.1) is 0 Å². The van der Waals surface area contributed by atoms with Crippen LogP contribution in [0.15, 0.2) is 24.4 Å². The molecule has 3 aromatic rings. The number of hydrogen-bond acceptors (Lipinski definition) is 7. The summed E-state index contributed by atoms with van der Waals surface area (Å²) >= 11 is 0. The number of fused-ring (bicyclic) bond motifs is 5. The lowest BCUT2D eigenvalue weighted by molar-refractivity contribution is -0.137. The van der Waals surface area contributed by atoms with Crippen LogP contribution in [0.5, 0.6) is 5.75 Å². The van der Waals surface area contributed by atoms with Crippen molar-refractivity contribution in [2.24, 2.45) is 5.92 Å². The minimum absolute atomic E-state index is 0.105. The van der Waals surface area contributed by atoms with Crippen molar-refractivity contribution < 1.29 is 17.9 Å². The van der Waals surface area contributed by atoms with E-state index in [4.69, 9.17) is 14.7 Å². The number of halogens is 3. The predicted molar refractivity (Wildman–Crippen MR) is 132 cm³/mol. The summed E-state index contributed by atoms with van der Waals surface area (Å²) in [6.45, 7) is 8.34. The lowest BCUT2D eigenvalue weighted by Crippen LogP contribution is -2.49.